The third-order valence-corrected chi connectivity index (χ3v) is 3.24. The molecule has 0 N–H and O–H groups in total. The van der Waals surface area contributed by atoms with Crippen molar-refractivity contribution in [3.05, 3.63) is 76.9 Å². The zero-order valence-corrected chi connectivity index (χ0v) is 12.8. The molecule has 2 aromatic rings. The molecule has 0 saturated carbocycles. The molecule has 0 unspecified atom stereocenters. The van der Waals surface area contributed by atoms with Gasteiger partial charge in [-0.1, -0.05) is 49.5 Å². The molecule has 0 atom stereocenters. The fraction of sp³-hybridized carbons (Fsp3) is 0.200. The Bertz CT molecular complexity index is 709. The molecule has 3 heteroatoms. The first-order valence-electron chi connectivity index (χ1n) is 7.45. The van der Waals surface area contributed by atoms with Gasteiger partial charge in [-0.3, -0.25) is 0 Å². The van der Waals surface area contributed by atoms with E-state index in [2.05, 4.69) is 30.9 Å². The van der Waals surface area contributed by atoms with Crippen LogP contribution in [0.15, 0.2) is 54.6 Å². The predicted molar refractivity (Wildman–Crippen MR) is 87.8 cm³/mol. The number of halogens is 3. The van der Waals surface area contributed by atoms with E-state index in [-0.39, 0.29) is 0 Å². The number of unbranched alkanes of at least 4 members (excludes halogenated alkanes) is 1. The lowest BCUT2D eigenvalue weighted by atomic mass is 10.1. The van der Waals surface area contributed by atoms with Crippen LogP contribution in [0.1, 0.15) is 42.0 Å². The molecule has 23 heavy (non-hydrogen) atoms. The zero-order valence-electron chi connectivity index (χ0n) is 12.8. The van der Waals surface area contributed by atoms with Gasteiger partial charge in [-0.25, -0.2) is 0 Å². The summed E-state index contributed by atoms with van der Waals surface area (Å²) in [6.45, 7) is 2.13. The molecule has 2 rings (SSSR count). The van der Waals surface area contributed by atoms with E-state index in [4.69, 9.17) is 0 Å². The first kappa shape index (κ1) is 16.9. The van der Waals surface area contributed by atoms with E-state index in [1.54, 1.807) is 0 Å². The normalized spacial score (nSPS) is 11.3. The molecule has 0 nitrogen and oxygen atoms in total. The average Bonchev–Trinajstić information content (AvgIpc) is 2.54. The molecule has 0 aliphatic rings. The molecule has 0 heterocycles. The molecule has 0 aliphatic heterocycles. The lowest BCUT2D eigenvalue weighted by Gasteiger charge is -2.05. The molecule has 118 valence electrons. The van der Waals surface area contributed by atoms with Crippen LogP contribution in [0.25, 0.3) is 6.08 Å². The van der Waals surface area contributed by atoms with Crippen molar-refractivity contribution >= 4 is 6.08 Å². The fourth-order valence-electron chi connectivity index (χ4n) is 1.95. The Balaban J connectivity index is 2.07. The standard InChI is InChI=1S/C20H17F3/c1-2-3-4-5-16-6-8-17(9-7-16)10-11-18-12-14-19(15-13-18)20(21,22)23/h4-9,12-15H,2-3H2,1H3. The lowest BCUT2D eigenvalue weighted by Crippen LogP contribution is -2.04. The van der Waals surface area contributed by atoms with Gasteiger partial charge in [-0.15, -0.1) is 0 Å². The van der Waals surface area contributed by atoms with Crippen LogP contribution in [0, 0.1) is 11.8 Å². The van der Waals surface area contributed by atoms with Crippen molar-refractivity contribution in [2.45, 2.75) is 25.9 Å². The largest absolute Gasteiger partial charge is 0.416 e. The smallest absolute Gasteiger partial charge is 0.166 e. The van der Waals surface area contributed by atoms with Crippen LogP contribution < -0.4 is 0 Å². The maximum Gasteiger partial charge on any atom is 0.416 e. The summed E-state index contributed by atoms with van der Waals surface area (Å²) in [6.07, 6.45) is 2.05. The highest BCUT2D eigenvalue weighted by atomic mass is 19.4. The lowest BCUT2D eigenvalue weighted by molar-refractivity contribution is -0.137. The van der Waals surface area contributed by atoms with Crippen molar-refractivity contribution in [3.63, 3.8) is 0 Å². The molecular formula is C20H17F3. The molecule has 0 fully saturated rings. The number of benzene rings is 2. The summed E-state index contributed by atoms with van der Waals surface area (Å²) in [4.78, 5) is 0. The van der Waals surface area contributed by atoms with Crippen LogP contribution in [0.2, 0.25) is 0 Å². The van der Waals surface area contributed by atoms with Crippen LogP contribution in [0.4, 0.5) is 13.2 Å². The van der Waals surface area contributed by atoms with E-state index in [1.807, 2.05) is 24.3 Å². The topological polar surface area (TPSA) is 0 Å². The summed E-state index contributed by atoms with van der Waals surface area (Å²) < 4.78 is 37.4. The van der Waals surface area contributed by atoms with E-state index < -0.39 is 11.7 Å². The second-order valence-corrected chi connectivity index (χ2v) is 5.14. The number of allylic oxidation sites excluding steroid dienone is 1. The molecule has 0 aromatic heterocycles. The van der Waals surface area contributed by atoms with Crippen molar-refractivity contribution in [1.29, 1.82) is 0 Å². The van der Waals surface area contributed by atoms with Crippen molar-refractivity contribution in [3.8, 4) is 11.8 Å². The van der Waals surface area contributed by atoms with Crippen molar-refractivity contribution in [1.82, 2.24) is 0 Å². The second-order valence-electron chi connectivity index (χ2n) is 5.14. The highest BCUT2D eigenvalue weighted by Gasteiger charge is 2.29. The highest BCUT2D eigenvalue weighted by molar-refractivity contribution is 5.52. The van der Waals surface area contributed by atoms with E-state index in [0.29, 0.717) is 5.56 Å². The SMILES string of the molecule is CCCC=Cc1ccc(C#Cc2ccc(C(F)(F)F)cc2)cc1. The molecule has 2 aromatic carbocycles. The average molecular weight is 314 g/mol. The molecule has 0 amide bonds. The minimum absolute atomic E-state index is 0.560. The Hall–Kier alpha value is -2.47. The Morgan fingerprint density at radius 2 is 1.39 bits per heavy atom. The first-order chi connectivity index (χ1) is 11.0. The summed E-state index contributed by atoms with van der Waals surface area (Å²) in [5.74, 6) is 5.83. The summed E-state index contributed by atoms with van der Waals surface area (Å²) in [5, 5.41) is 0. The van der Waals surface area contributed by atoms with E-state index >= 15 is 0 Å². The van der Waals surface area contributed by atoms with Gasteiger partial charge in [0.1, 0.15) is 0 Å². The molecule has 0 bridgehead atoms. The van der Waals surface area contributed by atoms with Crippen LogP contribution in [-0.2, 0) is 6.18 Å². The van der Waals surface area contributed by atoms with E-state index in [0.717, 1.165) is 36.1 Å². The minimum Gasteiger partial charge on any atom is -0.166 e. The van der Waals surface area contributed by atoms with E-state index in [1.165, 1.54) is 12.1 Å². The minimum atomic E-state index is -4.31. The third kappa shape index (κ3) is 5.34. The van der Waals surface area contributed by atoms with Crippen LogP contribution in [-0.4, -0.2) is 0 Å². The summed E-state index contributed by atoms with van der Waals surface area (Å²) in [7, 11) is 0. The number of hydrogen-bond donors (Lipinski definition) is 0. The Kier molecular flexibility index (Phi) is 5.65. The monoisotopic (exact) mass is 314 g/mol. The molecule has 0 aliphatic carbocycles. The predicted octanol–water partition coefficient (Wildman–Crippen LogP) is 5.92. The van der Waals surface area contributed by atoms with Crippen LogP contribution in [0.5, 0.6) is 0 Å². The van der Waals surface area contributed by atoms with Gasteiger partial charge in [0.15, 0.2) is 0 Å². The third-order valence-electron chi connectivity index (χ3n) is 3.24. The Labute approximate surface area is 134 Å². The van der Waals surface area contributed by atoms with Crippen molar-refractivity contribution < 1.29 is 13.2 Å². The van der Waals surface area contributed by atoms with Gasteiger partial charge in [0.2, 0.25) is 0 Å². The fourth-order valence-corrected chi connectivity index (χ4v) is 1.95. The molecule has 0 radical (unpaired) electrons. The number of alkyl halides is 3. The van der Waals surface area contributed by atoms with Gasteiger partial charge >= 0.3 is 6.18 Å². The second kappa shape index (κ2) is 7.69. The maximum absolute atomic E-state index is 12.5. The van der Waals surface area contributed by atoms with Gasteiger partial charge in [-0.2, -0.15) is 13.2 Å². The van der Waals surface area contributed by atoms with Crippen LogP contribution >= 0.6 is 0 Å². The maximum atomic E-state index is 12.5. The zero-order chi connectivity index (χ0) is 16.7. The molecule has 0 saturated heterocycles. The van der Waals surface area contributed by atoms with Gasteiger partial charge < -0.3 is 0 Å². The van der Waals surface area contributed by atoms with Gasteiger partial charge in [-0.05, 0) is 48.4 Å². The Morgan fingerprint density at radius 1 is 0.870 bits per heavy atom. The van der Waals surface area contributed by atoms with Gasteiger partial charge in [0.05, 0.1) is 5.56 Å². The highest BCUT2D eigenvalue weighted by Crippen LogP contribution is 2.28. The van der Waals surface area contributed by atoms with Crippen molar-refractivity contribution in [2.75, 3.05) is 0 Å². The summed E-state index contributed by atoms with van der Waals surface area (Å²) in [6, 6.07) is 12.6. The summed E-state index contributed by atoms with van der Waals surface area (Å²) in [5.41, 5.74) is 1.84. The number of rotatable bonds is 3. The number of hydrogen-bond acceptors (Lipinski definition) is 0. The van der Waals surface area contributed by atoms with Crippen LogP contribution in [0.3, 0.4) is 0 Å². The van der Waals surface area contributed by atoms with Crippen molar-refractivity contribution in [2.24, 2.45) is 0 Å². The quantitative estimate of drug-likeness (QED) is 0.617. The first-order valence-corrected chi connectivity index (χ1v) is 7.45. The molecule has 0 spiro atoms. The van der Waals surface area contributed by atoms with Gasteiger partial charge in [0.25, 0.3) is 0 Å². The Morgan fingerprint density at radius 3 is 1.87 bits per heavy atom. The van der Waals surface area contributed by atoms with Gasteiger partial charge in [0, 0.05) is 11.1 Å². The van der Waals surface area contributed by atoms with E-state index in [9.17, 15) is 13.2 Å². The molecular weight excluding hydrogens is 297 g/mol. The summed E-state index contributed by atoms with van der Waals surface area (Å²) >= 11 is 0.